The summed E-state index contributed by atoms with van der Waals surface area (Å²) in [5, 5.41) is 13.2. The number of aromatic nitrogens is 1. The number of anilines is 1. The summed E-state index contributed by atoms with van der Waals surface area (Å²) in [5.74, 6) is 2.18. The normalized spacial score (nSPS) is 12.2. The molecule has 2 N–H and O–H groups in total. The number of pyridine rings is 1. The van der Waals surface area contributed by atoms with Crippen molar-refractivity contribution in [3.05, 3.63) is 23.8 Å². The average molecular weight is 276 g/mol. The Labute approximate surface area is 118 Å². The lowest BCUT2D eigenvalue weighted by atomic mass is 10.1. The number of rotatable bonds is 5. The maximum Gasteiger partial charge on any atom is 0.145 e. The fourth-order valence-corrected chi connectivity index (χ4v) is 2.18. The summed E-state index contributed by atoms with van der Waals surface area (Å²) in [5.41, 5.74) is 1.79. The van der Waals surface area contributed by atoms with Gasteiger partial charge < -0.3 is 19.9 Å². The maximum absolute atomic E-state index is 9.13. The fraction of sp³-hybridized carbons (Fsp3) is 0.400. The van der Waals surface area contributed by atoms with Crippen LogP contribution < -0.4 is 14.8 Å². The van der Waals surface area contributed by atoms with E-state index in [1.54, 1.807) is 14.2 Å². The van der Waals surface area contributed by atoms with Crippen LogP contribution >= 0.6 is 0 Å². The molecule has 0 amide bonds. The van der Waals surface area contributed by atoms with Gasteiger partial charge in [-0.05, 0) is 37.6 Å². The van der Waals surface area contributed by atoms with Crippen LogP contribution in [0.15, 0.2) is 18.2 Å². The van der Waals surface area contributed by atoms with Crippen LogP contribution in [0.4, 0.5) is 5.82 Å². The Morgan fingerprint density at radius 2 is 1.90 bits per heavy atom. The van der Waals surface area contributed by atoms with E-state index in [-0.39, 0.29) is 12.6 Å². The smallest absolute Gasteiger partial charge is 0.145 e. The second-order valence-electron chi connectivity index (χ2n) is 4.75. The molecule has 0 saturated heterocycles. The molecule has 0 aliphatic heterocycles. The van der Waals surface area contributed by atoms with Gasteiger partial charge in [-0.1, -0.05) is 0 Å². The molecular formula is C15H20N2O3. The number of aliphatic hydroxyl groups excluding tert-OH is 1. The molecule has 5 heteroatoms. The Morgan fingerprint density at radius 1 is 1.25 bits per heavy atom. The number of aliphatic hydroxyl groups is 1. The van der Waals surface area contributed by atoms with Crippen molar-refractivity contribution in [2.24, 2.45) is 0 Å². The predicted molar refractivity (Wildman–Crippen MR) is 79.8 cm³/mol. The van der Waals surface area contributed by atoms with Gasteiger partial charge in [0, 0.05) is 11.4 Å². The molecule has 0 fully saturated rings. The van der Waals surface area contributed by atoms with E-state index in [4.69, 9.17) is 14.6 Å². The number of hydrogen-bond donors (Lipinski definition) is 2. The van der Waals surface area contributed by atoms with E-state index in [1.807, 2.05) is 32.0 Å². The zero-order valence-corrected chi connectivity index (χ0v) is 12.2. The SMILES string of the molecule is COc1ccc(OC)c2c(C)cc(N[C@@H](C)CO)nc12. The van der Waals surface area contributed by atoms with Gasteiger partial charge in [-0.3, -0.25) is 0 Å². The van der Waals surface area contributed by atoms with E-state index in [2.05, 4.69) is 10.3 Å². The van der Waals surface area contributed by atoms with Crippen molar-refractivity contribution in [1.82, 2.24) is 4.98 Å². The molecule has 1 heterocycles. The van der Waals surface area contributed by atoms with E-state index in [0.29, 0.717) is 11.6 Å². The molecule has 108 valence electrons. The number of benzene rings is 1. The molecule has 0 unspecified atom stereocenters. The first kappa shape index (κ1) is 14.4. The molecule has 20 heavy (non-hydrogen) atoms. The lowest BCUT2D eigenvalue weighted by Gasteiger charge is -2.16. The van der Waals surface area contributed by atoms with E-state index >= 15 is 0 Å². The molecule has 5 nitrogen and oxygen atoms in total. The number of nitrogens with one attached hydrogen (secondary N) is 1. The Bertz CT molecular complexity index is 614. The van der Waals surface area contributed by atoms with Crippen molar-refractivity contribution >= 4 is 16.7 Å². The van der Waals surface area contributed by atoms with Crippen molar-refractivity contribution in [3.63, 3.8) is 0 Å². The minimum Gasteiger partial charge on any atom is -0.496 e. The largest absolute Gasteiger partial charge is 0.496 e. The second kappa shape index (κ2) is 5.96. The summed E-state index contributed by atoms with van der Waals surface area (Å²) in [4.78, 5) is 4.58. The Morgan fingerprint density at radius 3 is 2.50 bits per heavy atom. The zero-order chi connectivity index (χ0) is 14.7. The number of ether oxygens (including phenoxy) is 2. The molecule has 0 aliphatic carbocycles. The molecular weight excluding hydrogens is 256 g/mol. The van der Waals surface area contributed by atoms with E-state index < -0.39 is 0 Å². The van der Waals surface area contributed by atoms with Gasteiger partial charge >= 0.3 is 0 Å². The van der Waals surface area contributed by atoms with Crippen LogP contribution in [0.3, 0.4) is 0 Å². The first-order chi connectivity index (χ1) is 9.60. The van der Waals surface area contributed by atoms with Crippen LogP contribution in [0.1, 0.15) is 12.5 Å². The van der Waals surface area contributed by atoms with Gasteiger partial charge in [0.1, 0.15) is 22.8 Å². The van der Waals surface area contributed by atoms with E-state index in [0.717, 1.165) is 22.2 Å². The van der Waals surface area contributed by atoms with Crippen molar-refractivity contribution in [3.8, 4) is 11.5 Å². The highest BCUT2D eigenvalue weighted by molar-refractivity contribution is 5.94. The van der Waals surface area contributed by atoms with Crippen molar-refractivity contribution in [2.45, 2.75) is 19.9 Å². The summed E-state index contributed by atoms with van der Waals surface area (Å²) in [6.45, 7) is 3.94. The monoisotopic (exact) mass is 276 g/mol. The third kappa shape index (κ3) is 2.63. The molecule has 0 saturated carbocycles. The quantitative estimate of drug-likeness (QED) is 0.877. The van der Waals surface area contributed by atoms with Gasteiger partial charge in [0.2, 0.25) is 0 Å². The summed E-state index contributed by atoms with van der Waals surface area (Å²) >= 11 is 0. The molecule has 2 aromatic rings. The van der Waals surface area contributed by atoms with Gasteiger partial charge in [0.25, 0.3) is 0 Å². The highest BCUT2D eigenvalue weighted by Gasteiger charge is 2.13. The van der Waals surface area contributed by atoms with Crippen LogP contribution in [-0.2, 0) is 0 Å². The van der Waals surface area contributed by atoms with Crippen molar-refractivity contribution in [1.29, 1.82) is 0 Å². The molecule has 0 bridgehead atoms. The fourth-order valence-electron chi connectivity index (χ4n) is 2.18. The van der Waals surface area contributed by atoms with Crippen LogP contribution in [0, 0.1) is 6.92 Å². The van der Waals surface area contributed by atoms with Gasteiger partial charge in [0.05, 0.1) is 20.8 Å². The average Bonchev–Trinajstić information content (AvgIpc) is 2.45. The lowest BCUT2D eigenvalue weighted by Crippen LogP contribution is -2.20. The van der Waals surface area contributed by atoms with Crippen molar-refractivity contribution in [2.75, 3.05) is 26.1 Å². The van der Waals surface area contributed by atoms with E-state index in [1.165, 1.54) is 0 Å². The third-order valence-corrected chi connectivity index (χ3v) is 3.19. The van der Waals surface area contributed by atoms with Gasteiger partial charge in [0.15, 0.2) is 0 Å². The number of methoxy groups -OCH3 is 2. The molecule has 0 spiro atoms. The third-order valence-electron chi connectivity index (χ3n) is 3.19. The molecule has 2 rings (SSSR count). The summed E-state index contributed by atoms with van der Waals surface area (Å²) in [6, 6.07) is 5.60. The maximum atomic E-state index is 9.13. The van der Waals surface area contributed by atoms with Crippen LogP contribution in [-0.4, -0.2) is 37.0 Å². The van der Waals surface area contributed by atoms with Gasteiger partial charge in [-0.25, -0.2) is 4.98 Å². The molecule has 1 atom stereocenters. The highest BCUT2D eigenvalue weighted by Crippen LogP contribution is 2.35. The minimum atomic E-state index is -0.0593. The minimum absolute atomic E-state index is 0.0496. The van der Waals surface area contributed by atoms with Crippen LogP contribution in [0.25, 0.3) is 10.9 Å². The zero-order valence-electron chi connectivity index (χ0n) is 12.2. The lowest BCUT2D eigenvalue weighted by molar-refractivity contribution is 0.281. The molecule has 1 aromatic heterocycles. The summed E-state index contributed by atoms with van der Waals surface area (Å²) in [6.07, 6.45) is 0. The van der Waals surface area contributed by atoms with E-state index in [9.17, 15) is 0 Å². The predicted octanol–water partition coefficient (Wildman–Crippen LogP) is 2.35. The Kier molecular flexibility index (Phi) is 4.29. The number of nitrogens with zero attached hydrogens (tertiary/aromatic N) is 1. The van der Waals surface area contributed by atoms with Gasteiger partial charge in [-0.2, -0.15) is 0 Å². The number of aryl methyl sites for hydroxylation is 1. The molecule has 0 aliphatic rings. The summed E-state index contributed by atoms with van der Waals surface area (Å²) < 4.78 is 10.8. The topological polar surface area (TPSA) is 63.6 Å². The number of fused-ring (bicyclic) bond motifs is 1. The molecule has 1 aromatic carbocycles. The Hall–Kier alpha value is -2.01. The van der Waals surface area contributed by atoms with Crippen molar-refractivity contribution < 1.29 is 14.6 Å². The van der Waals surface area contributed by atoms with Crippen LogP contribution in [0.2, 0.25) is 0 Å². The Balaban J connectivity index is 2.62. The first-order valence-electron chi connectivity index (χ1n) is 6.50. The number of hydrogen-bond acceptors (Lipinski definition) is 5. The van der Waals surface area contributed by atoms with Gasteiger partial charge in [-0.15, -0.1) is 0 Å². The molecule has 0 radical (unpaired) electrons. The summed E-state index contributed by atoms with van der Waals surface area (Å²) in [7, 11) is 3.26. The second-order valence-corrected chi connectivity index (χ2v) is 4.75. The first-order valence-corrected chi connectivity index (χ1v) is 6.50. The standard InChI is InChI=1S/C15H20N2O3/c1-9-7-13(16-10(2)8-18)17-15-12(20-4)6-5-11(19-3)14(9)15/h5-7,10,18H,8H2,1-4H3,(H,16,17)/t10-/m0/s1. The highest BCUT2D eigenvalue weighted by atomic mass is 16.5. The van der Waals surface area contributed by atoms with Crippen LogP contribution in [0.5, 0.6) is 11.5 Å².